The number of fused-ring (bicyclic) bond motifs is 7. The van der Waals surface area contributed by atoms with E-state index in [0.29, 0.717) is 31.3 Å². The Hall–Kier alpha value is -1.87. The smallest absolute Gasteiger partial charge is 0.311 e. The van der Waals surface area contributed by atoms with Crippen LogP contribution in [0.3, 0.4) is 0 Å². The van der Waals surface area contributed by atoms with E-state index in [1.807, 2.05) is 18.2 Å². The van der Waals surface area contributed by atoms with Crippen LogP contribution in [0.4, 0.5) is 0 Å². The van der Waals surface area contributed by atoms with Crippen LogP contribution in [-0.2, 0) is 14.3 Å². The van der Waals surface area contributed by atoms with E-state index in [1.165, 1.54) is 10.5 Å². The van der Waals surface area contributed by atoms with E-state index in [2.05, 4.69) is 66.7 Å². The van der Waals surface area contributed by atoms with Gasteiger partial charge in [-0.3, -0.25) is 9.59 Å². The van der Waals surface area contributed by atoms with Crippen molar-refractivity contribution in [3.8, 4) is 16.2 Å². The molecule has 5 aliphatic rings. The Bertz CT molecular complexity index is 1740. The zero-order chi connectivity index (χ0) is 35.9. The molecule has 272 valence electrons. The van der Waals surface area contributed by atoms with Gasteiger partial charge in [0.05, 0.1) is 24.7 Å². The molecule has 0 saturated heterocycles. The molecular weight excluding hydrogens is 681 g/mol. The van der Waals surface area contributed by atoms with Gasteiger partial charge in [0, 0.05) is 17.2 Å². The molecule has 4 fully saturated rings. The number of hydrogen-bond acceptors (Lipinski definition) is 8. The predicted molar refractivity (Wildman–Crippen MR) is 205 cm³/mol. The number of aliphatic hydroxyl groups excluding tert-OH is 1. The molecule has 0 radical (unpaired) electrons. The molecule has 50 heavy (non-hydrogen) atoms. The van der Waals surface area contributed by atoms with Crippen molar-refractivity contribution in [1.82, 2.24) is 0 Å². The molecule has 0 aliphatic heterocycles. The summed E-state index contributed by atoms with van der Waals surface area (Å²) in [7, 11) is 3.30. The fourth-order valence-electron chi connectivity index (χ4n) is 12.0. The van der Waals surface area contributed by atoms with Crippen LogP contribution in [0.1, 0.15) is 113 Å². The lowest BCUT2D eigenvalue weighted by molar-refractivity contribution is -0.202. The van der Waals surface area contributed by atoms with Crippen LogP contribution < -0.4 is 4.74 Å². The van der Waals surface area contributed by atoms with Gasteiger partial charge in [0.1, 0.15) is 9.57 Å². The third-order valence-corrected chi connectivity index (χ3v) is 18.3. The largest absolute Gasteiger partial charge is 0.493 e. The van der Waals surface area contributed by atoms with E-state index < -0.39 is 5.41 Å². The first-order valence-electron chi connectivity index (χ1n) is 18.9. The quantitative estimate of drug-likeness (QED) is 0.132. The predicted octanol–water partition coefficient (Wildman–Crippen LogP) is 10.9. The Morgan fingerprint density at radius 3 is 2.34 bits per heavy atom. The molecule has 8 heteroatoms. The summed E-state index contributed by atoms with van der Waals surface area (Å²) in [5, 5.41) is 11.0. The van der Waals surface area contributed by atoms with Crippen LogP contribution in [0.25, 0.3) is 10.4 Å². The molecule has 1 heterocycles. The molecular formula is C42H56O5S3. The number of carbonyl (C=O) groups is 2. The zero-order valence-electron chi connectivity index (χ0n) is 31.1. The number of allylic oxidation sites excluding steroid dienone is 2. The summed E-state index contributed by atoms with van der Waals surface area (Å²) in [6, 6.07) is 10.1. The van der Waals surface area contributed by atoms with E-state index in [9.17, 15) is 14.7 Å². The molecule has 1 N–H and O–H groups in total. The van der Waals surface area contributed by atoms with Crippen LogP contribution in [-0.4, -0.2) is 36.2 Å². The van der Waals surface area contributed by atoms with Gasteiger partial charge in [-0.1, -0.05) is 80.0 Å². The SMILES string of the molecule is CC1(C(=O)OCCCOc2ccc(-c3cc(=S)ss3)cc2)CC[C@]2(C)CCC3(C)C(=CC(=O)C4[C@@]5(C)CC[C@H](O)C(C)(C)C5CC[C@]43C)C2C1. The van der Waals surface area contributed by atoms with Gasteiger partial charge >= 0.3 is 5.97 Å². The highest BCUT2D eigenvalue weighted by Gasteiger charge is 2.70. The number of ether oxygens (including phenoxy) is 2. The monoisotopic (exact) mass is 736 g/mol. The minimum Gasteiger partial charge on any atom is -0.493 e. The number of aliphatic hydroxyl groups is 1. The number of ketones is 1. The molecule has 5 nitrogen and oxygen atoms in total. The second-order valence-corrected chi connectivity index (χ2v) is 21.4. The lowest BCUT2D eigenvalue weighted by atomic mass is 9.33. The zero-order valence-corrected chi connectivity index (χ0v) is 33.5. The van der Waals surface area contributed by atoms with Crippen molar-refractivity contribution in [2.45, 2.75) is 119 Å². The number of hydrogen-bond donors (Lipinski definition) is 1. The second kappa shape index (κ2) is 12.6. The fourth-order valence-corrected chi connectivity index (χ4v) is 14.4. The summed E-state index contributed by atoms with van der Waals surface area (Å²) < 4.78 is 12.8. The van der Waals surface area contributed by atoms with Gasteiger partial charge < -0.3 is 14.6 Å². The minimum atomic E-state index is -0.582. The van der Waals surface area contributed by atoms with E-state index >= 15 is 0 Å². The van der Waals surface area contributed by atoms with Gasteiger partial charge in [-0.15, -0.1) is 0 Å². The topological polar surface area (TPSA) is 72.8 Å². The van der Waals surface area contributed by atoms with Crippen LogP contribution in [0.15, 0.2) is 42.0 Å². The number of benzene rings is 1. The second-order valence-electron chi connectivity index (χ2n) is 18.5. The van der Waals surface area contributed by atoms with Crippen molar-refractivity contribution in [3.05, 3.63) is 45.8 Å². The Morgan fingerprint density at radius 2 is 1.64 bits per heavy atom. The van der Waals surface area contributed by atoms with Crippen LogP contribution >= 0.6 is 32.9 Å². The van der Waals surface area contributed by atoms with Crippen LogP contribution in [0, 0.1) is 54.1 Å². The number of carbonyl (C=O) groups excluding carboxylic acids is 2. The lowest BCUT2D eigenvalue weighted by Crippen LogP contribution is -2.66. The summed E-state index contributed by atoms with van der Waals surface area (Å²) in [5.41, 5.74) is 1.38. The highest BCUT2D eigenvalue weighted by Crippen LogP contribution is 2.75. The lowest BCUT2D eigenvalue weighted by Gasteiger charge is -2.70. The minimum absolute atomic E-state index is 0.0413. The molecule has 0 spiro atoms. The van der Waals surface area contributed by atoms with Gasteiger partial charge in [-0.25, -0.2) is 0 Å². The maximum absolute atomic E-state index is 14.6. The maximum atomic E-state index is 14.6. The van der Waals surface area contributed by atoms with Crippen molar-refractivity contribution in [3.63, 3.8) is 0 Å². The summed E-state index contributed by atoms with van der Waals surface area (Å²) in [6.45, 7) is 17.0. The molecule has 0 bridgehead atoms. The molecule has 2 aromatic rings. The van der Waals surface area contributed by atoms with Gasteiger partial charge in [0.15, 0.2) is 5.78 Å². The van der Waals surface area contributed by atoms with Crippen LogP contribution in [0.5, 0.6) is 5.75 Å². The number of esters is 1. The average Bonchev–Trinajstić information content (AvgIpc) is 3.51. The van der Waals surface area contributed by atoms with Crippen molar-refractivity contribution < 1.29 is 24.2 Å². The fraction of sp³-hybridized carbons (Fsp3) is 0.690. The van der Waals surface area contributed by atoms with E-state index in [1.54, 1.807) is 20.7 Å². The third-order valence-electron chi connectivity index (χ3n) is 15.4. The highest BCUT2D eigenvalue weighted by molar-refractivity contribution is 7.80. The molecule has 0 amide bonds. The summed E-state index contributed by atoms with van der Waals surface area (Å²) in [4.78, 5) is 29.6. The molecule has 5 aliphatic carbocycles. The van der Waals surface area contributed by atoms with Gasteiger partial charge in [0.2, 0.25) is 0 Å². The van der Waals surface area contributed by atoms with Crippen molar-refractivity contribution in [2.75, 3.05) is 13.2 Å². The Kier molecular flexibility index (Phi) is 9.21. The maximum Gasteiger partial charge on any atom is 0.311 e. The highest BCUT2D eigenvalue weighted by atomic mass is 32.9. The van der Waals surface area contributed by atoms with E-state index in [4.69, 9.17) is 21.7 Å². The molecule has 5 unspecified atom stereocenters. The third kappa shape index (κ3) is 5.63. The Morgan fingerprint density at radius 1 is 0.920 bits per heavy atom. The summed E-state index contributed by atoms with van der Waals surface area (Å²) >= 11 is 5.27. The standard InChI is InChI=1S/C42H56O5S3/c1-37(2)32-13-16-42(7)35(40(32,5)15-14-33(37)44)30(43)23-28-29-25-39(4,18-17-38(29,3)19-20-41(28,42)6)36(45)47-22-8-21-46-27-11-9-26(10-12-27)31-24-34(48)50-49-31/h9-12,23-24,29,32-33,35,44H,8,13-22,25H2,1-7H3/t29?,32?,33-,35?,38+,39?,40-,41?,42+/m0/s1. The Labute approximate surface area is 311 Å². The molecule has 1 aromatic carbocycles. The summed E-state index contributed by atoms with van der Waals surface area (Å²) in [6.07, 6.45) is 10.9. The van der Waals surface area contributed by atoms with Crippen LogP contribution in [0.2, 0.25) is 0 Å². The van der Waals surface area contributed by atoms with Crippen molar-refractivity contribution in [2.24, 2.45) is 50.2 Å². The van der Waals surface area contributed by atoms with E-state index in [0.717, 1.165) is 72.9 Å². The molecule has 9 atom stereocenters. The van der Waals surface area contributed by atoms with Gasteiger partial charge in [-0.05, 0) is 146 Å². The molecule has 4 saturated carbocycles. The molecule has 1 aromatic heterocycles. The first-order valence-corrected chi connectivity index (χ1v) is 21.5. The normalized spacial score (nSPS) is 40.4. The van der Waals surface area contributed by atoms with Crippen molar-refractivity contribution >= 4 is 44.7 Å². The first-order chi connectivity index (χ1) is 23.5. The number of rotatable bonds is 7. The van der Waals surface area contributed by atoms with Crippen molar-refractivity contribution in [1.29, 1.82) is 0 Å². The van der Waals surface area contributed by atoms with Gasteiger partial charge in [0.25, 0.3) is 0 Å². The Balaban J connectivity index is 1.03. The van der Waals surface area contributed by atoms with E-state index in [-0.39, 0.29) is 51.0 Å². The first kappa shape index (κ1) is 36.5. The molecule has 7 rings (SSSR count). The average molecular weight is 737 g/mol. The van der Waals surface area contributed by atoms with Gasteiger partial charge in [-0.2, -0.15) is 0 Å². The summed E-state index contributed by atoms with van der Waals surface area (Å²) in [5.74, 6) is 1.45.